The van der Waals surface area contributed by atoms with Gasteiger partial charge in [0, 0.05) is 12.7 Å². The van der Waals surface area contributed by atoms with Crippen LogP contribution in [0.15, 0.2) is 18.3 Å². The Hall–Kier alpha value is -2.48. The van der Waals surface area contributed by atoms with Crippen molar-refractivity contribution in [3.05, 3.63) is 29.6 Å². The zero-order valence-corrected chi connectivity index (χ0v) is 14.7. The summed E-state index contributed by atoms with van der Waals surface area (Å²) >= 11 is 0. The van der Waals surface area contributed by atoms with E-state index in [0.717, 1.165) is 19.4 Å². The van der Waals surface area contributed by atoms with E-state index < -0.39 is 0 Å². The largest absolute Gasteiger partial charge is 0.477 e. The molecule has 2 aromatic rings. The predicted molar refractivity (Wildman–Crippen MR) is 91.0 cm³/mol. The summed E-state index contributed by atoms with van der Waals surface area (Å²) in [4.78, 5) is 12.5. The molecule has 25 heavy (non-hydrogen) atoms. The van der Waals surface area contributed by atoms with Gasteiger partial charge in [0.05, 0.1) is 36.2 Å². The molecule has 0 unspecified atom stereocenters. The Morgan fingerprint density at radius 1 is 1.48 bits per heavy atom. The van der Waals surface area contributed by atoms with Crippen molar-refractivity contribution in [1.29, 1.82) is 0 Å². The van der Waals surface area contributed by atoms with E-state index in [9.17, 15) is 4.79 Å². The predicted octanol–water partition coefficient (Wildman–Crippen LogP) is 1.67. The first-order chi connectivity index (χ1) is 12.1. The highest BCUT2D eigenvalue weighted by Crippen LogP contribution is 2.17. The summed E-state index contributed by atoms with van der Waals surface area (Å²) in [6, 6.07) is 3.45. The van der Waals surface area contributed by atoms with Crippen LogP contribution in [0, 0.1) is 6.92 Å². The molecule has 3 heterocycles. The molecule has 1 fully saturated rings. The Morgan fingerprint density at radius 2 is 2.32 bits per heavy atom. The van der Waals surface area contributed by atoms with Gasteiger partial charge in [-0.2, -0.15) is 5.10 Å². The van der Waals surface area contributed by atoms with Gasteiger partial charge in [-0.1, -0.05) is 0 Å². The van der Waals surface area contributed by atoms with E-state index in [2.05, 4.69) is 20.6 Å². The average molecular weight is 345 g/mol. The van der Waals surface area contributed by atoms with Gasteiger partial charge < -0.3 is 14.8 Å². The second-order valence-corrected chi connectivity index (χ2v) is 6.03. The van der Waals surface area contributed by atoms with Crippen molar-refractivity contribution in [3.63, 3.8) is 0 Å². The Bertz CT molecular complexity index is 722. The minimum Gasteiger partial charge on any atom is -0.477 e. The summed E-state index contributed by atoms with van der Waals surface area (Å²) in [6.07, 6.45) is 3.64. The molecule has 1 saturated heterocycles. The quantitative estimate of drug-likeness (QED) is 0.856. The van der Waals surface area contributed by atoms with Crippen LogP contribution in [0.3, 0.4) is 0 Å². The fourth-order valence-corrected chi connectivity index (χ4v) is 2.89. The van der Waals surface area contributed by atoms with Gasteiger partial charge in [-0.15, -0.1) is 10.2 Å². The second kappa shape index (κ2) is 7.60. The van der Waals surface area contributed by atoms with E-state index in [-0.39, 0.29) is 18.1 Å². The van der Waals surface area contributed by atoms with Gasteiger partial charge in [0.25, 0.3) is 5.91 Å². The zero-order chi connectivity index (χ0) is 17.8. The number of hydrogen-bond acceptors (Lipinski definition) is 6. The highest BCUT2D eigenvalue weighted by Gasteiger charge is 2.25. The number of ether oxygens (including phenoxy) is 2. The van der Waals surface area contributed by atoms with Crippen molar-refractivity contribution >= 4 is 5.91 Å². The molecule has 1 N–H and O–H groups in total. The molecule has 0 aromatic carbocycles. The molecule has 8 heteroatoms. The maximum Gasteiger partial charge on any atom is 0.255 e. The summed E-state index contributed by atoms with van der Waals surface area (Å²) in [5.74, 6) is 0.831. The minimum atomic E-state index is -0.161. The summed E-state index contributed by atoms with van der Waals surface area (Å²) in [5.41, 5.74) is 1.22. The Morgan fingerprint density at radius 3 is 2.96 bits per heavy atom. The zero-order valence-electron chi connectivity index (χ0n) is 14.7. The first kappa shape index (κ1) is 17.3. The number of nitrogens with one attached hydrogen (secondary N) is 1. The van der Waals surface area contributed by atoms with Gasteiger partial charge >= 0.3 is 0 Å². The molecule has 2 aromatic heterocycles. The topological polar surface area (TPSA) is 91.2 Å². The summed E-state index contributed by atoms with van der Waals surface area (Å²) in [7, 11) is 0. The lowest BCUT2D eigenvalue weighted by Crippen LogP contribution is -2.40. The summed E-state index contributed by atoms with van der Waals surface area (Å²) in [5, 5.41) is 15.4. The SMILES string of the molecule is CCOc1ccc(-n2ncc(C(=O)N[C@H](C)[C@@H]3CCCO3)c2C)nn1. The Balaban J connectivity index is 1.72. The van der Waals surface area contributed by atoms with E-state index in [4.69, 9.17) is 9.47 Å². The molecule has 3 rings (SSSR count). The van der Waals surface area contributed by atoms with Crippen LogP contribution in [0.1, 0.15) is 42.7 Å². The second-order valence-electron chi connectivity index (χ2n) is 6.03. The van der Waals surface area contributed by atoms with Gasteiger partial charge in [-0.3, -0.25) is 4.79 Å². The monoisotopic (exact) mass is 345 g/mol. The summed E-state index contributed by atoms with van der Waals surface area (Å²) in [6.45, 7) is 6.97. The van der Waals surface area contributed by atoms with Crippen molar-refractivity contribution < 1.29 is 14.3 Å². The average Bonchev–Trinajstić information content (AvgIpc) is 3.26. The number of aromatic nitrogens is 4. The molecular formula is C17H23N5O3. The van der Waals surface area contributed by atoms with Crippen LogP contribution in [0.25, 0.3) is 5.82 Å². The van der Waals surface area contributed by atoms with Crippen LogP contribution in [-0.2, 0) is 4.74 Å². The van der Waals surface area contributed by atoms with Crippen LogP contribution in [0.5, 0.6) is 5.88 Å². The first-order valence-electron chi connectivity index (χ1n) is 8.54. The minimum absolute atomic E-state index is 0.0389. The Labute approximate surface area is 146 Å². The molecule has 1 aliphatic heterocycles. The van der Waals surface area contributed by atoms with Gasteiger partial charge in [0.1, 0.15) is 0 Å². The number of nitrogens with zero attached hydrogens (tertiary/aromatic N) is 4. The first-order valence-corrected chi connectivity index (χ1v) is 8.54. The lowest BCUT2D eigenvalue weighted by molar-refractivity contribution is 0.0712. The molecule has 134 valence electrons. The fraction of sp³-hybridized carbons (Fsp3) is 0.529. The smallest absolute Gasteiger partial charge is 0.255 e. The van der Waals surface area contributed by atoms with Gasteiger partial charge in [0.15, 0.2) is 5.82 Å². The van der Waals surface area contributed by atoms with Gasteiger partial charge in [0.2, 0.25) is 5.88 Å². The highest BCUT2D eigenvalue weighted by molar-refractivity contribution is 5.95. The number of carbonyl (C=O) groups is 1. The molecule has 0 spiro atoms. The molecule has 1 aliphatic rings. The third-order valence-electron chi connectivity index (χ3n) is 4.27. The number of hydrogen-bond donors (Lipinski definition) is 1. The molecule has 0 bridgehead atoms. The third-order valence-corrected chi connectivity index (χ3v) is 4.27. The normalized spacial score (nSPS) is 18.1. The lowest BCUT2D eigenvalue weighted by Gasteiger charge is -2.19. The van der Waals surface area contributed by atoms with E-state index in [0.29, 0.717) is 29.6 Å². The van der Waals surface area contributed by atoms with Crippen LogP contribution in [0.4, 0.5) is 0 Å². The van der Waals surface area contributed by atoms with Crippen LogP contribution in [0.2, 0.25) is 0 Å². The maximum absolute atomic E-state index is 12.5. The van der Waals surface area contributed by atoms with Crippen molar-refractivity contribution in [2.45, 2.75) is 45.8 Å². The molecular weight excluding hydrogens is 322 g/mol. The molecule has 1 amide bonds. The number of amides is 1. The molecule has 0 radical (unpaired) electrons. The van der Waals surface area contributed by atoms with E-state index in [1.807, 2.05) is 20.8 Å². The molecule has 0 aliphatic carbocycles. The van der Waals surface area contributed by atoms with Crippen LogP contribution < -0.4 is 10.1 Å². The lowest BCUT2D eigenvalue weighted by atomic mass is 10.1. The van der Waals surface area contributed by atoms with E-state index in [1.54, 1.807) is 23.0 Å². The van der Waals surface area contributed by atoms with Crippen LogP contribution >= 0.6 is 0 Å². The standard InChI is InChI=1S/C17H23N5O3/c1-4-24-16-8-7-15(20-21-16)22-12(3)13(10-18-22)17(23)19-11(2)14-6-5-9-25-14/h7-8,10-11,14H,4-6,9H2,1-3H3,(H,19,23)/t11-,14+/m1/s1. The van der Waals surface area contributed by atoms with Crippen LogP contribution in [-0.4, -0.2) is 51.2 Å². The van der Waals surface area contributed by atoms with Crippen molar-refractivity contribution in [1.82, 2.24) is 25.3 Å². The van der Waals surface area contributed by atoms with Crippen molar-refractivity contribution in [3.8, 4) is 11.7 Å². The molecule has 0 saturated carbocycles. The van der Waals surface area contributed by atoms with Crippen molar-refractivity contribution in [2.75, 3.05) is 13.2 Å². The molecule has 8 nitrogen and oxygen atoms in total. The van der Waals surface area contributed by atoms with Crippen molar-refractivity contribution in [2.24, 2.45) is 0 Å². The van der Waals surface area contributed by atoms with Gasteiger partial charge in [-0.05, 0) is 39.7 Å². The summed E-state index contributed by atoms with van der Waals surface area (Å²) < 4.78 is 12.5. The highest BCUT2D eigenvalue weighted by atomic mass is 16.5. The Kier molecular flexibility index (Phi) is 5.28. The van der Waals surface area contributed by atoms with E-state index in [1.165, 1.54) is 0 Å². The maximum atomic E-state index is 12.5. The third kappa shape index (κ3) is 3.79. The number of carbonyl (C=O) groups excluding carboxylic acids is 1. The van der Waals surface area contributed by atoms with Gasteiger partial charge in [-0.25, -0.2) is 4.68 Å². The fourth-order valence-electron chi connectivity index (χ4n) is 2.89. The molecule has 2 atom stereocenters. The van der Waals surface area contributed by atoms with E-state index >= 15 is 0 Å². The number of rotatable bonds is 6.